The molecule has 1 rings (SSSR count). The highest BCUT2D eigenvalue weighted by atomic mass is 32.1. The molecular weight excluding hydrogens is 226 g/mol. The lowest BCUT2D eigenvalue weighted by molar-refractivity contribution is 0.211. The van der Waals surface area contributed by atoms with Crippen LogP contribution in [0.3, 0.4) is 0 Å². The summed E-state index contributed by atoms with van der Waals surface area (Å²) in [6.07, 6.45) is -0.837. The number of carbonyl (C=O) groups is 1. The summed E-state index contributed by atoms with van der Waals surface area (Å²) in [6.45, 7) is 0. The Labute approximate surface area is 99.2 Å². The molecule has 0 atom stereocenters. The van der Waals surface area contributed by atoms with Crippen LogP contribution in [0.1, 0.15) is 0 Å². The van der Waals surface area contributed by atoms with Crippen molar-refractivity contribution in [1.29, 1.82) is 0 Å². The number of ether oxygens (including phenoxy) is 1. The van der Waals surface area contributed by atoms with Gasteiger partial charge in [0.15, 0.2) is 5.11 Å². The fraction of sp³-hybridized carbons (Fsp3) is 0.200. The summed E-state index contributed by atoms with van der Waals surface area (Å²) in [5.74, 6) is 0.385. The second-order valence-corrected chi connectivity index (χ2v) is 3.42. The van der Waals surface area contributed by atoms with Crippen LogP contribution in [-0.2, 0) is 0 Å². The van der Waals surface area contributed by atoms with Crippen molar-refractivity contribution in [2.75, 3.05) is 19.0 Å². The van der Waals surface area contributed by atoms with Crippen molar-refractivity contribution in [3.8, 4) is 5.75 Å². The second-order valence-electron chi connectivity index (χ2n) is 3.03. The monoisotopic (exact) mass is 239 g/mol. The van der Waals surface area contributed by atoms with Crippen LogP contribution in [0.25, 0.3) is 0 Å². The predicted molar refractivity (Wildman–Crippen MR) is 66.7 cm³/mol. The van der Waals surface area contributed by atoms with Crippen LogP contribution in [0.4, 0.5) is 10.5 Å². The molecule has 5 nitrogen and oxygen atoms in total. The van der Waals surface area contributed by atoms with Gasteiger partial charge in [-0.3, -0.25) is 0 Å². The lowest BCUT2D eigenvalue weighted by atomic mass is 10.3. The first-order valence-corrected chi connectivity index (χ1v) is 4.98. The molecule has 0 aliphatic carbocycles. The zero-order chi connectivity index (χ0) is 12.1. The van der Waals surface area contributed by atoms with Gasteiger partial charge in [-0.1, -0.05) is 6.07 Å². The molecule has 0 saturated heterocycles. The Morgan fingerprint density at radius 2 is 2.25 bits per heavy atom. The number of hydrogen-bond donors (Lipinski definition) is 2. The van der Waals surface area contributed by atoms with Gasteiger partial charge < -0.3 is 20.7 Å². The molecule has 1 amide bonds. The number of nitrogens with one attached hydrogen (secondary N) is 1. The van der Waals surface area contributed by atoms with Crippen LogP contribution in [-0.4, -0.2) is 25.3 Å². The molecule has 16 heavy (non-hydrogen) atoms. The van der Waals surface area contributed by atoms with E-state index < -0.39 is 6.09 Å². The molecule has 0 fully saturated rings. The van der Waals surface area contributed by atoms with E-state index in [4.69, 9.17) is 22.7 Å². The van der Waals surface area contributed by atoms with E-state index in [2.05, 4.69) is 5.32 Å². The van der Waals surface area contributed by atoms with Gasteiger partial charge in [0.1, 0.15) is 5.75 Å². The van der Waals surface area contributed by atoms with E-state index in [9.17, 15) is 4.79 Å². The lowest BCUT2D eigenvalue weighted by Gasteiger charge is -2.19. The molecule has 0 aliphatic heterocycles. The van der Waals surface area contributed by atoms with Crippen molar-refractivity contribution in [3.05, 3.63) is 24.3 Å². The third-order valence-electron chi connectivity index (χ3n) is 1.94. The summed E-state index contributed by atoms with van der Waals surface area (Å²) in [4.78, 5) is 12.3. The van der Waals surface area contributed by atoms with Crippen LogP contribution >= 0.6 is 12.2 Å². The Bertz CT molecular complexity index is 409. The summed E-state index contributed by atoms with van der Waals surface area (Å²) in [5, 5.41) is 3.41. The molecule has 0 heterocycles. The summed E-state index contributed by atoms with van der Waals surface area (Å²) in [7, 11) is 3.55. The van der Waals surface area contributed by atoms with Gasteiger partial charge in [0.2, 0.25) is 0 Å². The van der Waals surface area contributed by atoms with Crippen molar-refractivity contribution >= 4 is 29.1 Å². The topological polar surface area (TPSA) is 67.6 Å². The number of nitrogens with zero attached hydrogens (tertiary/aromatic N) is 1. The van der Waals surface area contributed by atoms with E-state index in [1.54, 1.807) is 30.1 Å². The summed E-state index contributed by atoms with van der Waals surface area (Å²) >= 11 is 5.07. The fourth-order valence-corrected chi connectivity index (χ4v) is 1.26. The smallest absolute Gasteiger partial charge is 0.409 e. The van der Waals surface area contributed by atoms with Gasteiger partial charge in [-0.25, -0.2) is 4.79 Å². The van der Waals surface area contributed by atoms with E-state index in [1.165, 1.54) is 0 Å². The summed E-state index contributed by atoms with van der Waals surface area (Å²) < 4.78 is 4.77. The zero-order valence-electron chi connectivity index (χ0n) is 9.06. The highest BCUT2D eigenvalue weighted by Gasteiger charge is 2.07. The minimum Gasteiger partial charge on any atom is -0.410 e. The van der Waals surface area contributed by atoms with E-state index in [0.717, 1.165) is 5.69 Å². The molecule has 0 aliphatic rings. The van der Waals surface area contributed by atoms with Crippen molar-refractivity contribution in [2.45, 2.75) is 0 Å². The highest BCUT2D eigenvalue weighted by Crippen LogP contribution is 2.20. The zero-order valence-corrected chi connectivity index (χ0v) is 9.88. The van der Waals surface area contributed by atoms with Crippen LogP contribution in [0.2, 0.25) is 0 Å². The average molecular weight is 239 g/mol. The van der Waals surface area contributed by atoms with E-state index in [0.29, 0.717) is 10.9 Å². The van der Waals surface area contributed by atoms with Gasteiger partial charge in [0.05, 0.1) is 0 Å². The molecule has 0 radical (unpaired) electrons. The van der Waals surface area contributed by atoms with Crippen LogP contribution in [0, 0.1) is 0 Å². The number of amides is 1. The van der Waals surface area contributed by atoms with E-state index in [1.807, 2.05) is 13.1 Å². The Hall–Kier alpha value is -1.82. The fourth-order valence-electron chi connectivity index (χ4n) is 1.16. The quantitative estimate of drug-likeness (QED) is 0.756. The molecule has 86 valence electrons. The predicted octanol–water partition coefficient (Wildman–Crippen LogP) is 1.08. The largest absolute Gasteiger partial charge is 0.410 e. The molecule has 1 aromatic rings. The molecule has 0 bridgehead atoms. The number of nitrogens with two attached hydrogens (primary N) is 1. The van der Waals surface area contributed by atoms with E-state index in [-0.39, 0.29) is 0 Å². The van der Waals surface area contributed by atoms with Gasteiger partial charge in [-0.15, -0.1) is 0 Å². The summed E-state index contributed by atoms with van der Waals surface area (Å²) in [6, 6.07) is 6.92. The Balaban J connectivity index is 2.89. The van der Waals surface area contributed by atoms with Crippen molar-refractivity contribution < 1.29 is 9.53 Å². The van der Waals surface area contributed by atoms with Gasteiger partial charge in [-0.05, 0) is 24.4 Å². The third-order valence-corrected chi connectivity index (χ3v) is 2.42. The SMILES string of the molecule is CNC(=S)N(C)c1cccc(OC(N)=O)c1. The maximum atomic E-state index is 10.6. The van der Waals surface area contributed by atoms with Crippen LogP contribution in [0.15, 0.2) is 24.3 Å². The molecule has 6 heteroatoms. The first-order chi connectivity index (χ1) is 7.54. The number of primary amides is 1. The third kappa shape index (κ3) is 3.09. The van der Waals surface area contributed by atoms with Gasteiger partial charge in [0, 0.05) is 25.8 Å². The number of benzene rings is 1. The highest BCUT2D eigenvalue weighted by molar-refractivity contribution is 7.80. The number of thiocarbonyl (C=S) groups is 1. The normalized spacial score (nSPS) is 9.38. The Morgan fingerprint density at radius 1 is 1.56 bits per heavy atom. The van der Waals surface area contributed by atoms with Crippen molar-refractivity contribution in [2.24, 2.45) is 5.73 Å². The molecular formula is C10H13N3O2S. The van der Waals surface area contributed by atoms with Gasteiger partial charge >= 0.3 is 6.09 Å². The maximum absolute atomic E-state index is 10.6. The van der Waals surface area contributed by atoms with Gasteiger partial charge in [-0.2, -0.15) is 0 Å². The first-order valence-electron chi connectivity index (χ1n) is 4.57. The average Bonchev–Trinajstić information content (AvgIpc) is 2.26. The minimum atomic E-state index is -0.837. The molecule has 0 aromatic heterocycles. The Kier molecular flexibility index (Phi) is 4.07. The number of rotatable bonds is 2. The number of carbonyl (C=O) groups excluding carboxylic acids is 1. The minimum absolute atomic E-state index is 0.385. The van der Waals surface area contributed by atoms with Crippen LogP contribution in [0.5, 0.6) is 5.75 Å². The van der Waals surface area contributed by atoms with Gasteiger partial charge in [0.25, 0.3) is 0 Å². The molecule has 1 aromatic carbocycles. The van der Waals surface area contributed by atoms with E-state index >= 15 is 0 Å². The van der Waals surface area contributed by atoms with Crippen molar-refractivity contribution in [3.63, 3.8) is 0 Å². The number of anilines is 1. The molecule has 0 spiro atoms. The van der Waals surface area contributed by atoms with Crippen LogP contribution < -0.4 is 20.7 Å². The van der Waals surface area contributed by atoms with Crippen molar-refractivity contribution in [1.82, 2.24) is 5.32 Å². The molecule has 0 unspecified atom stereocenters. The second kappa shape index (κ2) is 5.32. The Morgan fingerprint density at radius 3 is 2.81 bits per heavy atom. The standard InChI is InChI=1S/C10H13N3O2S/c1-12-10(16)13(2)7-4-3-5-8(6-7)15-9(11)14/h3-6H,1-2H3,(H2,11,14)(H,12,16). The molecule has 3 N–H and O–H groups in total. The first kappa shape index (κ1) is 12.3. The summed E-state index contributed by atoms with van der Waals surface area (Å²) in [5.41, 5.74) is 5.73. The number of hydrogen-bond acceptors (Lipinski definition) is 3. The molecule has 0 saturated carbocycles. The maximum Gasteiger partial charge on any atom is 0.409 e. The lowest BCUT2D eigenvalue weighted by Crippen LogP contribution is -2.34.